The molecule has 4 aromatic rings. The number of aryl methyl sites for hydroxylation is 1. The van der Waals surface area contributed by atoms with E-state index >= 15 is 0 Å². The van der Waals surface area contributed by atoms with Crippen LogP contribution in [-0.4, -0.2) is 50.6 Å². The van der Waals surface area contributed by atoms with Crippen molar-refractivity contribution in [2.75, 3.05) is 31.1 Å². The standard InChI is InChI=1S/C25H26N8.Cl2O/c1-31-15-21(14-29-31)19-10-22(24-20(11-26)13-30-33(24)16-19)18-2-3-23(28-12-18)32-8-5-25(6-9-32)4-7-27-17-25;1-3-2/h2-3,10,12-16,27H,4-9,17H2,1H3;. The lowest BCUT2D eigenvalue weighted by atomic mass is 9.78. The Kier molecular flexibility index (Phi) is 7.12. The molecule has 0 aromatic carbocycles. The number of hydrogen-bond acceptors (Lipinski definition) is 7. The summed E-state index contributed by atoms with van der Waals surface area (Å²) in [5, 5.41) is 21.9. The Balaban J connectivity index is 0.000000848. The van der Waals surface area contributed by atoms with Crippen LogP contribution in [-0.2, 0) is 10.9 Å². The van der Waals surface area contributed by atoms with Crippen molar-refractivity contribution in [3.63, 3.8) is 0 Å². The molecular formula is C25H26Cl2N8O. The Morgan fingerprint density at radius 3 is 2.44 bits per heavy atom. The predicted molar refractivity (Wildman–Crippen MR) is 139 cm³/mol. The van der Waals surface area contributed by atoms with Gasteiger partial charge in [0.15, 0.2) is 0 Å². The number of piperidine rings is 1. The minimum Gasteiger partial charge on any atom is -0.357 e. The third-order valence-electron chi connectivity index (χ3n) is 7.31. The quantitative estimate of drug-likeness (QED) is 0.419. The van der Waals surface area contributed by atoms with Gasteiger partial charge in [-0.1, -0.05) is 0 Å². The first-order valence-electron chi connectivity index (χ1n) is 11.8. The van der Waals surface area contributed by atoms with Gasteiger partial charge in [-0.05, 0) is 49.4 Å². The SMILES string of the molecule is ClOCl.Cn1cc(-c2cc(-c3ccc(N4CCC5(CCNC5)CC4)nc3)c3c(C#N)cnn3c2)cn1. The summed E-state index contributed by atoms with van der Waals surface area (Å²) in [6, 6.07) is 8.60. The molecule has 9 nitrogen and oxygen atoms in total. The van der Waals surface area contributed by atoms with Gasteiger partial charge in [-0.25, -0.2) is 9.50 Å². The molecule has 0 radical (unpaired) electrons. The Hall–Kier alpha value is -3.16. The summed E-state index contributed by atoms with van der Waals surface area (Å²) in [7, 11) is 1.90. The second-order valence-electron chi connectivity index (χ2n) is 9.39. The smallest absolute Gasteiger partial charge is 0.128 e. The minimum absolute atomic E-state index is 0.491. The van der Waals surface area contributed by atoms with Crippen molar-refractivity contribution in [3.05, 3.63) is 54.7 Å². The van der Waals surface area contributed by atoms with Crippen molar-refractivity contribution in [2.45, 2.75) is 19.3 Å². The largest absolute Gasteiger partial charge is 0.357 e. The number of halogens is 2. The van der Waals surface area contributed by atoms with Gasteiger partial charge in [-0.2, -0.15) is 19.3 Å². The van der Waals surface area contributed by atoms with E-state index in [1.807, 2.05) is 31.8 Å². The van der Waals surface area contributed by atoms with E-state index in [1.54, 1.807) is 15.4 Å². The summed E-state index contributed by atoms with van der Waals surface area (Å²) in [5.74, 6) is 1.02. The normalized spacial score (nSPS) is 16.7. The molecule has 0 aliphatic carbocycles. The number of fused-ring (bicyclic) bond motifs is 1. The maximum Gasteiger partial charge on any atom is 0.128 e. The van der Waals surface area contributed by atoms with Crippen molar-refractivity contribution in [2.24, 2.45) is 12.5 Å². The van der Waals surface area contributed by atoms with Crippen molar-refractivity contribution >= 4 is 35.1 Å². The second kappa shape index (κ2) is 10.4. The zero-order valence-corrected chi connectivity index (χ0v) is 21.4. The maximum absolute atomic E-state index is 9.64. The fraction of sp³-hybridized carbons (Fsp3) is 0.360. The molecule has 2 aliphatic rings. The molecule has 0 amide bonds. The average Bonchev–Trinajstić information content (AvgIpc) is 3.65. The van der Waals surface area contributed by atoms with E-state index in [4.69, 9.17) is 4.98 Å². The molecule has 1 N–H and O–H groups in total. The van der Waals surface area contributed by atoms with Gasteiger partial charge in [0.1, 0.15) is 11.9 Å². The van der Waals surface area contributed by atoms with Gasteiger partial charge in [0.2, 0.25) is 0 Å². The number of nitriles is 1. The van der Waals surface area contributed by atoms with Crippen LogP contribution in [0, 0.1) is 16.7 Å². The number of aromatic nitrogens is 5. The first-order chi connectivity index (χ1) is 17.6. The van der Waals surface area contributed by atoms with E-state index in [0.29, 0.717) is 11.0 Å². The molecule has 0 atom stereocenters. The molecule has 2 aliphatic heterocycles. The van der Waals surface area contributed by atoms with E-state index in [9.17, 15) is 5.26 Å². The molecule has 6 heterocycles. The number of pyridine rings is 2. The third-order valence-corrected chi connectivity index (χ3v) is 7.31. The van der Waals surface area contributed by atoms with Gasteiger partial charge < -0.3 is 10.2 Å². The lowest BCUT2D eigenvalue weighted by Crippen LogP contribution is -2.41. The van der Waals surface area contributed by atoms with Crippen LogP contribution in [0.5, 0.6) is 0 Å². The summed E-state index contributed by atoms with van der Waals surface area (Å²) >= 11 is 8.53. The van der Waals surface area contributed by atoms with E-state index in [-0.39, 0.29) is 0 Å². The number of nitrogens with one attached hydrogen (secondary N) is 1. The van der Waals surface area contributed by atoms with Gasteiger partial charge >= 0.3 is 0 Å². The molecule has 2 fully saturated rings. The Morgan fingerprint density at radius 1 is 1.03 bits per heavy atom. The van der Waals surface area contributed by atoms with Gasteiger partial charge in [0.05, 0.1) is 47.2 Å². The molecule has 186 valence electrons. The third kappa shape index (κ3) is 4.77. The molecule has 1 spiro atoms. The lowest BCUT2D eigenvalue weighted by Gasteiger charge is -2.39. The van der Waals surface area contributed by atoms with Crippen molar-refractivity contribution in [3.8, 4) is 28.3 Å². The second-order valence-corrected chi connectivity index (χ2v) is 9.85. The topological polar surface area (TPSA) is 96.3 Å². The fourth-order valence-corrected chi connectivity index (χ4v) is 5.32. The maximum atomic E-state index is 9.64. The molecule has 4 aromatic heterocycles. The highest BCUT2D eigenvalue weighted by Crippen LogP contribution is 2.38. The van der Waals surface area contributed by atoms with Gasteiger partial charge in [0, 0.05) is 67.5 Å². The van der Waals surface area contributed by atoms with Crippen LogP contribution >= 0.6 is 23.7 Å². The Morgan fingerprint density at radius 2 is 1.83 bits per heavy atom. The Labute approximate surface area is 219 Å². The van der Waals surface area contributed by atoms with Gasteiger partial charge in [-0.15, -0.1) is 0 Å². The van der Waals surface area contributed by atoms with E-state index in [2.05, 4.69) is 72.3 Å². The summed E-state index contributed by atoms with van der Waals surface area (Å²) in [5.41, 5.74) is 5.76. The van der Waals surface area contributed by atoms with E-state index < -0.39 is 0 Å². The van der Waals surface area contributed by atoms with Crippen molar-refractivity contribution in [1.29, 1.82) is 5.26 Å². The first-order valence-corrected chi connectivity index (χ1v) is 12.4. The fourth-order valence-electron chi connectivity index (χ4n) is 5.32. The number of anilines is 1. The number of rotatable bonds is 3. The Bertz CT molecular complexity index is 1380. The van der Waals surface area contributed by atoms with Gasteiger partial charge in [-0.3, -0.25) is 4.68 Å². The highest BCUT2D eigenvalue weighted by Gasteiger charge is 2.37. The predicted octanol–water partition coefficient (Wildman–Crippen LogP) is 4.56. The van der Waals surface area contributed by atoms with Crippen LogP contribution in [0.25, 0.3) is 27.8 Å². The zero-order valence-electron chi connectivity index (χ0n) is 19.9. The summed E-state index contributed by atoms with van der Waals surface area (Å²) < 4.78 is 6.76. The lowest BCUT2D eigenvalue weighted by molar-refractivity contribution is 0.247. The van der Waals surface area contributed by atoms with Crippen LogP contribution in [0.4, 0.5) is 5.82 Å². The molecule has 0 bridgehead atoms. The monoisotopic (exact) mass is 524 g/mol. The van der Waals surface area contributed by atoms with E-state index in [1.165, 1.54) is 19.3 Å². The highest BCUT2D eigenvalue weighted by molar-refractivity contribution is 6.24. The first kappa shape index (κ1) is 24.5. The molecule has 36 heavy (non-hydrogen) atoms. The molecule has 0 unspecified atom stereocenters. The average molecular weight is 525 g/mol. The molecule has 11 heteroatoms. The van der Waals surface area contributed by atoms with Crippen molar-refractivity contribution in [1.82, 2.24) is 29.7 Å². The number of nitrogens with zero attached hydrogens (tertiary/aromatic N) is 7. The number of hydrogen-bond donors (Lipinski definition) is 1. The molecule has 0 saturated carbocycles. The summed E-state index contributed by atoms with van der Waals surface area (Å²) in [6.07, 6.45) is 13.0. The molecular weight excluding hydrogens is 499 g/mol. The van der Waals surface area contributed by atoms with Crippen LogP contribution in [0.2, 0.25) is 0 Å². The zero-order chi connectivity index (χ0) is 25.1. The molecule has 2 saturated heterocycles. The highest BCUT2D eigenvalue weighted by atomic mass is 35.6. The summed E-state index contributed by atoms with van der Waals surface area (Å²) in [4.78, 5) is 7.23. The van der Waals surface area contributed by atoms with Gasteiger partial charge in [0.25, 0.3) is 0 Å². The van der Waals surface area contributed by atoms with Crippen LogP contribution in [0.3, 0.4) is 0 Å². The minimum atomic E-state index is 0.491. The van der Waals surface area contributed by atoms with Crippen molar-refractivity contribution < 1.29 is 3.84 Å². The van der Waals surface area contributed by atoms with Crippen LogP contribution < -0.4 is 10.2 Å². The van der Waals surface area contributed by atoms with Crippen LogP contribution in [0.1, 0.15) is 24.8 Å². The van der Waals surface area contributed by atoms with E-state index in [0.717, 1.165) is 59.8 Å². The summed E-state index contributed by atoms with van der Waals surface area (Å²) in [6.45, 7) is 4.41. The molecule has 6 rings (SSSR count). The van der Waals surface area contributed by atoms with Crippen LogP contribution in [0.15, 0.2) is 49.2 Å².